The van der Waals surface area contributed by atoms with Crippen LogP contribution in [0.4, 0.5) is 5.69 Å². The van der Waals surface area contributed by atoms with Crippen molar-refractivity contribution in [2.24, 2.45) is 5.84 Å². The third kappa shape index (κ3) is 3.13. The van der Waals surface area contributed by atoms with Gasteiger partial charge in [0.05, 0.1) is 17.3 Å². The smallest absolute Gasteiger partial charge is 0.255 e. The van der Waals surface area contributed by atoms with Gasteiger partial charge < -0.3 is 10.7 Å². The van der Waals surface area contributed by atoms with Crippen molar-refractivity contribution in [2.45, 2.75) is 19.4 Å². The molecule has 1 aromatic heterocycles. The van der Waals surface area contributed by atoms with Gasteiger partial charge in [-0.2, -0.15) is 0 Å². The normalized spacial score (nSPS) is 11.7. The van der Waals surface area contributed by atoms with E-state index in [1.54, 1.807) is 12.3 Å². The summed E-state index contributed by atoms with van der Waals surface area (Å²) in [5.41, 5.74) is 4.58. The van der Waals surface area contributed by atoms with Crippen molar-refractivity contribution < 1.29 is 4.79 Å². The predicted octanol–water partition coefficient (Wildman–Crippen LogP) is 2.25. The van der Waals surface area contributed by atoms with Gasteiger partial charge in [0.1, 0.15) is 0 Å². The fourth-order valence-corrected chi connectivity index (χ4v) is 2.04. The zero-order valence-corrected chi connectivity index (χ0v) is 11.3. The third-order valence-electron chi connectivity index (χ3n) is 3.14. The van der Waals surface area contributed by atoms with Gasteiger partial charge in [-0.25, -0.2) is 0 Å². The number of rotatable bonds is 5. The summed E-state index contributed by atoms with van der Waals surface area (Å²) in [5.74, 6) is 5.21. The fraction of sp³-hybridized carbons (Fsp3) is 0.200. The molecule has 5 nitrogen and oxygen atoms in total. The fourth-order valence-electron chi connectivity index (χ4n) is 2.04. The maximum atomic E-state index is 12.3. The van der Waals surface area contributed by atoms with Gasteiger partial charge in [0.15, 0.2) is 0 Å². The van der Waals surface area contributed by atoms with Crippen molar-refractivity contribution in [1.82, 2.24) is 10.3 Å². The van der Waals surface area contributed by atoms with Crippen LogP contribution in [0.5, 0.6) is 0 Å². The van der Waals surface area contributed by atoms with E-state index in [4.69, 9.17) is 5.84 Å². The monoisotopic (exact) mass is 270 g/mol. The number of pyridine rings is 1. The molecule has 1 heterocycles. The first-order valence-electron chi connectivity index (χ1n) is 6.52. The molecule has 2 rings (SSSR count). The van der Waals surface area contributed by atoms with Crippen LogP contribution in [0.1, 0.15) is 35.3 Å². The van der Waals surface area contributed by atoms with E-state index >= 15 is 0 Å². The first kappa shape index (κ1) is 14.0. The molecule has 0 aliphatic rings. The van der Waals surface area contributed by atoms with Gasteiger partial charge in [-0.05, 0) is 18.1 Å². The van der Waals surface area contributed by atoms with Crippen LogP contribution in [0.3, 0.4) is 0 Å². The molecule has 0 aliphatic heterocycles. The molecule has 5 heteroatoms. The number of carbonyl (C=O) groups is 1. The second-order valence-electron chi connectivity index (χ2n) is 4.41. The number of nitrogens with one attached hydrogen (secondary N) is 2. The second kappa shape index (κ2) is 6.68. The van der Waals surface area contributed by atoms with E-state index in [1.807, 2.05) is 37.3 Å². The minimum atomic E-state index is -0.193. The minimum Gasteiger partial charge on any atom is -0.345 e. The topological polar surface area (TPSA) is 80.0 Å². The molecule has 1 amide bonds. The summed E-state index contributed by atoms with van der Waals surface area (Å²) in [4.78, 5) is 16.3. The Balaban J connectivity index is 2.18. The van der Waals surface area contributed by atoms with Gasteiger partial charge >= 0.3 is 0 Å². The predicted molar refractivity (Wildman–Crippen MR) is 79.0 cm³/mol. The first-order chi connectivity index (χ1) is 9.76. The molecule has 2 aromatic rings. The Labute approximate surface area is 118 Å². The Kier molecular flexibility index (Phi) is 4.68. The van der Waals surface area contributed by atoms with Crippen molar-refractivity contribution >= 4 is 11.6 Å². The number of nitrogen functional groups attached to an aromatic ring is 1. The van der Waals surface area contributed by atoms with Crippen LogP contribution in [0, 0.1) is 0 Å². The summed E-state index contributed by atoms with van der Waals surface area (Å²) in [5, 5.41) is 3.00. The summed E-state index contributed by atoms with van der Waals surface area (Å²) >= 11 is 0. The first-order valence-corrected chi connectivity index (χ1v) is 6.52. The molecule has 0 saturated heterocycles. The standard InChI is InChI=1S/C15H18N4O/c1-2-13(11-6-4-3-5-7-11)18-15(20)12-10-17-9-8-14(12)19-16/h3-10,13H,2,16H2,1H3,(H,17,19)(H,18,20). The van der Waals surface area contributed by atoms with E-state index in [-0.39, 0.29) is 11.9 Å². The number of aromatic nitrogens is 1. The van der Waals surface area contributed by atoms with E-state index in [2.05, 4.69) is 15.7 Å². The minimum absolute atomic E-state index is 0.0328. The SMILES string of the molecule is CCC(NC(=O)c1cnccc1NN)c1ccccc1. The molecule has 104 valence electrons. The van der Waals surface area contributed by atoms with Gasteiger partial charge in [0.2, 0.25) is 0 Å². The molecule has 0 radical (unpaired) electrons. The third-order valence-corrected chi connectivity index (χ3v) is 3.14. The number of hydrogen-bond donors (Lipinski definition) is 3. The zero-order valence-electron chi connectivity index (χ0n) is 11.3. The lowest BCUT2D eigenvalue weighted by Gasteiger charge is -2.18. The molecule has 0 saturated carbocycles. The van der Waals surface area contributed by atoms with Crippen LogP contribution >= 0.6 is 0 Å². The Morgan fingerprint density at radius 3 is 2.70 bits per heavy atom. The molecular weight excluding hydrogens is 252 g/mol. The quantitative estimate of drug-likeness (QED) is 0.575. The number of nitrogens with two attached hydrogens (primary N) is 1. The van der Waals surface area contributed by atoms with Crippen LogP contribution in [0.15, 0.2) is 48.8 Å². The van der Waals surface area contributed by atoms with Crippen LogP contribution in [-0.4, -0.2) is 10.9 Å². The maximum Gasteiger partial charge on any atom is 0.255 e. The summed E-state index contributed by atoms with van der Waals surface area (Å²) < 4.78 is 0. The molecule has 0 bridgehead atoms. The number of benzene rings is 1. The molecule has 0 aliphatic carbocycles. The molecule has 0 spiro atoms. The lowest BCUT2D eigenvalue weighted by molar-refractivity contribution is 0.0936. The number of amides is 1. The van der Waals surface area contributed by atoms with Crippen LogP contribution in [-0.2, 0) is 0 Å². The van der Waals surface area contributed by atoms with Crippen molar-refractivity contribution in [3.63, 3.8) is 0 Å². The van der Waals surface area contributed by atoms with Crippen LogP contribution in [0.2, 0.25) is 0 Å². The lowest BCUT2D eigenvalue weighted by Crippen LogP contribution is -2.29. The number of hydrogen-bond acceptors (Lipinski definition) is 4. The van der Waals surface area contributed by atoms with Gasteiger partial charge in [-0.15, -0.1) is 0 Å². The summed E-state index contributed by atoms with van der Waals surface area (Å²) in [6.45, 7) is 2.03. The number of carbonyl (C=O) groups excluding carboxylic acids is 1. The highest BCUT2D eigenvalue weighted by atomic mass is 16.1. The highest BCUT2D eigenvalue weighted by molar-refractivity contribution is 5.99. The van der Waals surface area contributed by atoms with Crippen molar-refractivity contribution in [1.29, 1.82) is 0 Å². The van der Waals surface area contributed by atoms with Crippen molar-refractivity contribution in [3.8, 4) is 0 Å². The molecule has 1 unspecified atom stereocenters. The second-order valence-corrected chi connectivity index (χ2v) is 4.41. The average Bonchev–Trinajstić information content (AvgIpc) is 2.53. The van der Waals surface area contributed by atoms with Crippen molar-refractivity contribution in [2.75, 3.05) is 5.43 Å². The van der Waals surface area contributed by atoms with Gasteiger partial charge in [0.25, 0.3) is 5.91 Å². The Hall–Kier alpha value is -2.40. The highest BCUT2D eigenvalue weighted by Gasteiger charge is 2.16. The maximum absolute atomic E-state index is 12.3. The largest absolute Gasteiger partial charge is 0.345 e. The molecule has 4 N–H and O–H groups in total. The lowest BCUT2D eigenvalue weighted by atomic mass is 10.0. The average molecular weight is 270 g/mol. The molecular formula is C15H18N4O. The molecule has 20 heavy (non-hydrogen) atoms. The van der Waals surface area contributed by atoms with Crippen LogP contribution in [0.25, 0.3) is 0 Å². The number of hydrazine groups is 1. The number of nitrogens with zero attached hydrogens (tertiary/aromatic N) is 1. The van der Waals surface area contributed by atoms with E-state index in [9.17, 15) is 4.79 Å². The molecule has 0 fully saturated rings. The highest BCUT2D eigenvalue weighted by Crippen LogP contribution is 2.18. The van der Waals surface area contributed by atoms with E-state index in [0.29, 0.717) is 11.3 Å². The van der Waals surface area contributed by atoms with Gasteiger partial charge in [0, 0.05) is 12.4 Å². The Bertz CT molecular complexity index is 571. The number of anilines is 1. The zero-order chi connectivity index (χ0) is 14.4. The summed E-state index contributed by atoms with van der Waals surface area (Å²) in [7, 11) is 0. The Morgan fingerprint density at radius 2 is 2.05 bits per heavy atom. The van der Waals surface area contributed by atoms with Gasteiger partial charge in [-0.1, -0.05) is 37.3 Å². The van der Waals surface area contributed by atoms with Gasteiger partial charge in [-0.3, -0.25) is 15.6 Å². The van der Waals surface area contributed by atoms with Crippen LogP contribution < -0.4 is 16.6 Å². The molecule has 1 aromatic carbocycles. The Morgan fingerprint density at radius 1 is 1.30 bits per heavy atom. The summed E-state index contributed by atoms with van der Waals surface area (Å²) in [6, 6.07) is 11.5. The molecule has 1 atom stereocenters. The van der Waals surface area contributed by atoms with E-state index < -0.39 is 0 Å². The van der Waals surface area contributed by atoms with E-state index in [1.165, 1.54) is 6.20 Å². The van der Waals surface area contributed by atoms with E-state index in [0.717, 1.165) is 12.0 Å². The summed E-state index contributed by atoms with van der Waals surface area (Å²) in [6.07, 6.45) is 3.89. The van der Waals surface area contributed by atoms with Crippen molar-refractivity contribution in [3.05, 3.63) is 59.9 Å².